The predicted octanol–water partition coefficient (Wildman–Crippen LogP) is 2.04. The molecule has 0 radical (unpaired) electrons. The molecule has 0 bridgehead atoms. The number of imide groups is 1. The summed E-state index contributed by atoms with van der Waals surface area (Å²) >= 11 is 4.27. The Hall–Kier alpha value is -2.02. The van der Waals surface area contributed by atoms with E-state index in [-0.39, 0.29) is 18.5 Å². The lowest BCUT2D eigenvalue weighted by Gasteiger charge is -2.17. The van der Waals surface area contributed by atoms with Crippen LogP contribution in [0.15, 0.2) is 18.5 Å². The van der Waals surface area contributed by atoms with Crippen LogP contribution in [0.5, 0.6) is 0 Å². The van der Waals surface area contributed by atoms with Gasteiger partial charge in [0.1, 0.15) is 6.54 Å². The van der Waals surface area contributed by atoms with Crippen LogP contribution >= 0.6 is 12.6 Å². The standard InChI is InChI=1S/C15H16N4O2S/c1-17-13(20)7-19(15(17)21)12-4-10(9-2-3-9)5-18-6-11(8-22)16-14(12)18/h4-6,9,22H,2-3,7-8H2,1H3. The van der Waals surface area contributed by atoms with Gasteiger partial charge in [-0.25, -0.2) is 9.78 Å². The van der Waals surface area contributed by atoms with Crippen LogP contribution in [0.3, 0.4) is 0 Å². The summed E-state index contributed by atoms with van der Waals surface area (Å²) in [4.78, 5) is 31.3. The first-order valence-corrected chi connectivity index (χ1v) is 7.92. The van der Waals surface area contributed by atoms with Crippen LogP contribution in [-0.4, -0.2) is 39.8 Å². The Balaban J connectivity index is 1.89. The Morgan fingerprint density at radius 2 is 2.09 bits per heavy atom. The smallest absolute Gasteiger partial charge is 0.305 e. The monoisotopic (exact) mass is 316 g/mol. The maximum atomic E-state index is 12.3. The molecular formula is C15H16N4O2S. The second-order valence-electron chi connectivity index (χ2n) is 5.88. The van der Waals surface area contributed by atoms with Gasteiger partial charge in [0.05, 0.1) is 11.4 Å². The first-order chi connectivity index (χ1) is 10.6. The minimum Gasteiger partial charge on any atom is -0.305 e. The van der Waals surface area contributed by atoms with Crippen molar-refractivity contribution in [3.8, 4) is 0 Å². The number of carbonyl (C=O) groups is 2. The summed E-state index contributed by atoms with van der Waals surface area (Å²) in [6.07, 6.45) is 6.35. The minimum atomic E-state index is -0.296. The normalized spacial score (nSPS) is 18.8. The fourth-order valence-electron chi connectivity index (χ4n) is 2.85. The van der Waals surface area contributed by atoms with Crippen LogP contribution in [0, 0.1) is 0 Å². The van der Waals surface area contributed by atoms with Gasteiger partial charge in [-0.05, 0) is 30.4 Å². The summed E-state index contributed by atoms with van der Waals surface area (Å²) in [5, 5.41) is 0. The molecule has 1 aliphatic heterocycles. The summed E-state index contributed by atoms with van der Waals surface area (Å²) in [6, 6.07) is 1.71. The van der Waals surface area contributed by atoms with E-state index in [2.05, 4.69) is 23.8 Å². The van der Waals surface area contributed by atoms with E-state index in [1.807, 2.05) is 16.7 Å². The van der Waals surface area contributed by atoms with E-state index in [1.165, 1.54) is 30.4 Å². The van der Waals surface area contributed by atoms with Crippen LogP contribution in [0.2, 0.25) is 0 Å². The number of amides is 3. The summed E-state index contributed by atoms with van der Waals surface area (Å²) < 4.78 is 1.95. The van der Waals surface area contributed by atoms with Gasteiger partial charge < -0.3 is 4.40 Å². The molecule has 7 heteroatoms. The molecule has 0 spiro atoms. The molecule has 2 aliphatic rings. The Bertz CT molecular complexity index is 796. The molecule has 3 amide bonds. The second kappa shape index (κ2) is 4.74. The highest BCUT2D eigenvalue weighted by molar-refractivity contribution is 7.79. The van der Waals surface area contributed by atoms with E-state index in [0.29, 0.717) is 23.0 Å². The molecule has 4 rings (SSSR count). The van der Waals surface area contributed by atoms with Crippen molar-refractivity contribution in [2.24, 2.45) is 0 Å². The highest BCUT2D eigenvalue weighted by Gasteiger charge is 2.36. The molecule has 114 valence electrons. The molecule has 3 heterocycles. The number of urea groups is 1. The van der Waals surface area contributed by atoms with Crippen molar-refractivity contribution in [1.29, 1.82) is 0 Å². The van der Waals surface area contributed by atoms with Crippen LogP contribution in [0.4, 0.5) is 10.5 Å². The van der Waals surface area contributed by atoms with Crippen LogP contribution in [0.25, 0.3) is 5.65 Å². The van der Waals surface area contributed by atoms with Crippen molar-refractivity contribution in [3.63, 3.8) is 0 Å². The molecule has 0 aromatic carbocycles. The Morgan fingerprint density at radius 3 is 2.68 bits per heavy atom. The van der Waals surface area contributed by atoms with E-state index < -0.39 is 0 Å². The maximum Gasteiger partial charge on any atom is 0.331 e. The van der Waals surface area contributed by atoms with E-state index >= 15 is 0 Å². The topological polar surface area (TPSA) is 57.9 Å². The third-order valence-corrected chi connectivity index (χ3v) is 4.61. The number of thiol groups is 1. The molecule has 2 fully saturated rings. The van der Waals surface area contributed by atoms with Gasteiger partial charge in [-0.3, -0.25) is 14.6 Å². The zero-order chi connectivity index (χ0) is 15.4. The number of pyridine rings is 1. The van der Waals surface area contributed by atoms with Crippen LogP contribution < -0.4 is 4.90 Å². The molecule has 0 unspecified atom stereocenters. The van der Waals surface area contributed by atoms with Gasteiger partial charge in [0.2, 0.25) is 5.91 Å². The van der Waals surface area contributed by atoms with Gasteiger partial charge in [0.25, 0.3) is 0 Å². The fraction of sp³-hybridized carbons (Fsp3) is 0.400. The van der Waals surface area contributed by atoms with Crippen molar-refractivity contribution >= 4 is 35.9 Å². The third kappa shape index (κ3) is 1.99. The summed E-state index contributed by atoms with van der Waals surface area (Å²) in [6.45, 7) is 0.0716. The number of hydrogen-bond acceptors (Lipinski definition) is 4. The fourth-order valence-corrected chi connectivity index (χ4v) is 3.00. The van der Waals surface area contributed by atoms with Gasteiger partial charge in [0, 0.05) is 25.2 Å². The maximum absolute atomic E-state index is 12.3. The molecule has 2 aromatic heterocycles. The molecule has 6 nitrogen and oxygen atoms in total. The van der Waals surface area contributed by atoms with Gasteiger partial charge >= 0.3 is 6.03 Å². The van der Waals surface area contributed by atoms with Crippen molar-refractivity contribution in [1.82, 2.24) is 14.3 Å². The SMILES string of the molecule is CN1C(=O)CN(c2cc(C3CC3)cn3cc(CS)nc23)C1=O. The Morgan fingerprint density at radius 1 is 1.32 bits per heavy atom. The molecule has 1 saturated carbocycles. The van der Waals surface area contributed by atoms with Crippen LogP contribution in [0.1, 0.15) is 30.0 Å². The van der Waals surface area contributed by atoms with E-state index in [0.717, 1.165) is 10.6 Å². The molecule has 1 saturated heterocycles. The number of likely N-dealkylation sites (N-methyl/N-ethyl adjacent to an activating group) is 1. The lowest BCUT2D eigenvalue weighted by molar-refractivity contribution is -0.123. The summed E-state index contributed by atoms with van der Waals surface area (Å²) in [5.74, 6) is 0.893. The lowest BCUT2D eigenvalue weighted by atomic mass is 10.1. The Kier molecular flexibility index (Phi) is 2.94. The minimum absolute atomic E-state index is 0.0716. The second-order valence-corrected chi connectivity index (χ2v) is 6.19. The largest absolute Gasteiger partial charge is 0.331 e. The third-order valence-electron chi connectivity index (χ3n) is 4.29. The highest BCUT2D eigenvalue weighted by Crippen LogP contribution is 2.42. The van der Waals surface area contributed by atoms with Gasteiger partial charge in [-0.2, -0.15) is 12.6 Å². The zero-order valence-electron chi connectivity index (χ0n) is 12.2. The molecule has 0 N–H and O–H groups in total. The van der Waals surface area contributed by atoms with Crippen LogP contribution in [-0.2, 0) is 10.5 Å². The number of carbonyl (C=O) groups excluding carboxylic acids is 2. The average molecular weight is 316 g/mol. The number of aromatic nitrogens is 2. The number of fused-ring (bicyclic) bond motifs is 1. The van der Waals surface area contributed by atoms with Crippen molar-refractivity contribution < 1.29 is 9.59 Å². The van der Waals surface area contributed by atoms with Gasteiger partial charge in [-0.1, -0.05) is 0 Å². The number of nitrogens with zero attached hydrogens (tertiary/aromatic N) is 4. The number of anilines is 1. The zero-order valence-corrected chi connectivity index (χ0v) is 13.1. The molecule has 0 atom stereocenters. The molecule has 22 heavy (non-hydrogen) atoms. The van der Waals surface area contributed by atoms with E-state index in [1.54, 1.807) is 0 Å². The average Bonchev–Trinajstić information content (AvgIpc) is 3.23. The van der Waals surface area contributed by atoms with Gasteiger partial charge in [0.15, 0.2) is 5.65 Å². The Labute approximate surface area is 133 Å². The van der Waals surface area contributed by atoms with Crippen molar-refractivity contribution in [2.45, 2.75) is 24.5 Å². The number of imidazole rings is 1. The van der Waals surface area contributed by atoms with Gasteiger partial charge in [-0.15, -0.1) is 0 Å². The first-order valence-electron chi connectivity index (χ1n) is 7.29. The van der Waals surface area contributed by atoms with Crippen molar-refractivity contribution in [3.05, 3.63) is 29.7 Å². The van der Waals surface area contributed by atoms with E-state index in [4.69, 9.17) is 0 Å². The summed E-state index contributed by atoms with van der Waals surface area (Å²) in [5.41, 5.74) is 3.45. The summed E-state index contributed by atoms with van der Waals surface area (Å²) in [7, 11) is 1.51. The predicted molar refractivity (Wildman–Crippen MR) is 85.4 cm³/mol. The molecule has 2 aromatic rings. The lowest BCUT2D eigenvalue weighted by Crippen LogP contribution is -2.30. The number of hydrogen-bond donors (Lipinski definition) is 1. The first kappa shape index (κ1) is 13.6. The quantitative estimate of drug-likeness (QED) is 0.696. The number of rotatable bonds is 3. The van der Waals surface area contributed by atoms with E-state index in [9.17, 15) is 9.59 Å². The van der Waals surface area contributed by atoms with Crippen molar-refractivity contribution in [2.75, 3.05) is 18.5 Å². The molecular weight excluding hydrogens is 300 g/mol. The molecule has 1 aliphatic carbocycles. The highest BCUT2D eigenvalue weighted by atomic mass is 32.1.